The van der Waals surface area contributed by atoms with Crippen LogP contribution in [-0.4, -0.2) is 25.9 Å². The van der Waals surface area contributed by atoms with E-state index in [0.717, 1.165) is 25.7 Å². The average Bonchev–Trinajstić information content (AvgIpc) is 2.56. The molecule has 0 radical (unpaired) electrons. The van der Waals surface area contributed by atoms with Crippen molar-refractivity contribution in [3.05, 3.63) is 0 Å². The summed E-state index contributed by atoms with van der Waals surface area (Å²) in [5.74, 6) is 0.838. The fourth-order valence-corrected chi connectivity index (χ4v) is 4.53. The van der Waals surface area contributed by atoms with Crippen molar-refractivity contribution in [2.24, 2.45) is 11.3 Å². The predicted octanol–water partition coefficient (Wildman–Crippen LogP) is 7.16. The standard InChI is InChI=1S/C23H46O2/c1-21(2)20-23(14-9-8-10-15-23)16-13-18-24-17-11-6-5-7-12-19-25-22(3)4/h21-22H,5-20H2,1-4H3. The summed E-state index contributed by atoms with van der Waals surface area (Å²) in [5, 5.41) is 0. The molecule has 0 aromatic rings. The molecule has 0 saturated heterocycles. The minimum absolute atomic E-state index is 0.377. The molecule has 0 N–H and O–H groups in total. The fraction of sp³-hybridized carbons (Fsp3) is 1.00. The Balaban J connectivity index is 1.95. The van der Waals surface area contributed by atoms with Gasteiger partial charge in [0.1, 0.15) is 0 Å². The van der Waals surface area contributed by atoms with Gasteiger partial charge < -0.3 is 9.47 Å². The van der Waals surface area contributed by atoms with Crippen LogP contribution in [0.15, 0.2) is 0 Å². The molecule has 1 saturated carbocycles. The van der Waals surface area contributed by atoms with Gasteiger partial charge in [-0.2, -0.15) is 0 Å². The lowest BCUT2D eigenvalue weighted by Crippen LogP contribution is -2.26. The molecule has 0 atom stereocenters. The highest BCUT2D eigenvalue weighted by Gasteiger charge is 2.31. The van der Waals surface area contributed by atoms with Gasteiger partial charge in [-0.3, -0.25) is 0 Å². The van der Waals surface area contributed by atoms with Crippen molar-refractivity contribution in [1.82, 2.24) is 0 Å². The second kappa shape index (κ2) is 14.0. The van der Waals surface area contributed by atoms with E-state index in [2.05, 4.69) is 27.7 Å². The maximum atomic E-state index is 5.91. The molecular formula is C23H46O2. The molecule has 0 bridgehead atoms. The van der Waals surface area contributed by atoms with Crippen LogP contribution in [0.1, 0.15) is 111 Å². The van der Waals surface area contributed by atoms with E-state index in [0.29, 0.717) is 11.5 Å². The summed E-state index contributed by atoms with van der Waals surface area (Å²) in [4.78, 5) is 0. The lowest BCUT2D eigenvalue weighted by Gasteiger charge is -2.39. The van der Waals surface area contributed by atoms with Crippen molar-refractivity contribution in [2.45, 2.75) is 117 Å². The van der Waals surface area contributed by atoms with E-state index < -0.39 is 0 Å². The van der Waals surface area contributed by atoms with Crippen molar-refractivity contribution in [1.29, 1.82) is 0 Å². The Morgan fingerprint density at radius 1 is 0.720 bits per heavy atom. The monoisotopic (exact) mass is 354 g/mol. The molecule has 150 valence electrons. The SMILES string of the molecule is CC(C)CC1(CCCOCCCCCCCOC(C)C)CCCCC1. The van der Waals surface area contributed by atoms with Crippen LogP contribution in [0, 0.1) is 11.3 Å². The molecule has 0 aromatic carbocycles. The fourth-order valence-electron chi connectivity index (χ4n) is 4.53. The van der Waals surface area contributed by atoms with E-state index in [4.69, 9.17) is 9.47 Å². The van der Waals surface area contributed by atoms with Crippen molar-refractivity contribution in [2.75, 3.05) is 19.8 Å². The Morgan fingerprint density at radius 2 is 1.32 bits per heavy atom. The maximum Gasteiger partial charge on any atom is 0.0518 e. The topological polar surface area (TPSA) is 18.5 Å². The van der Waals surface area contributed by atoms with Gasteiger partial charge in [-0.25, -0.2) is 0 Å². The Hall–Kier alpha value is -0.0800. The molecule has 2 nitrogen and oxygen atoms in total. The minimum atomic E-state index is 0.377. The normalized spacial score (nSPS) is 17.5. The third kappa shape index (κ3) is 12.0. The molecule has 0 amide bonds. The summed E-state index contributed by atoms with van der Waals surface area (Å²) in [6, 6.07) is 0. The molecule has 0 unspecified atom stereocenters. The minimum Gasteiger partial charge on any atom is -0.381 e. The molecule has 0 heterocycles. The number of rotatable bonds is 15. The summed E-state index contributed by atoms with van der Waals surface area (Å²) in [5.41, 5.74) is 0.647. The van der Waals surface area contributed by atoms with Crippen LogP contribution >= 0.6 is 0 Å². The zero-order valence-corrected chi connectivity index (χ0v) is 17.8. The highest BCUT2D eigenvalue weighted by molar-refractivity contribution is 4.83. The second-order valence-electron chi connectivity index (χ2n) is 9.06. The molecular weight excluding hydrogens is 308 g/mol. The average molecular weight is 355 g/mol. The number of unbranched alkanes of at least 4 members (excludes halogenated alkanes) is 4. The predicted molar refractivity (Wildman–Crippen MR) is 109 cm³/mol. The van der Waals surface area contributed by atoms with Crippen LogP contribution in [0.2, 0.25) is 0 Å². The van der Waals surface area contributed by atoms with Gasteiger partial charge in [0.05, 0.1) is 6.10 Å². The Bertz CT molecular complexity index is 292. The van der Waals surface area contributed by atoms with Crippen LogP contribution in [0.4, 0.5) is 0 Å². The zero-order chi connectivity index (χ0) is 18.4. The summed E-state index contributed by atoms with van der Waals surface area (Å²) >= 11 is 0. The molecule has 25 heavy (non-hydrogen) atoms. The Morgan fingerprint density at radius 3 is 1.96 bits per heavy atom. The quantitative estimate of drug-likeness (QED) is 0.291. The van der Waals surface area contributed by atoms with Gasteiger partial charge in [0.25, 0.3) is 0 Å². The smallest absolute Gasteiger partial charge is 0.0518 e. The van der Waals surface area contributed by atoms with Crippen molar-refractivity contribution < 1.29 is 9.47 Å². The highest BCUT2D eigenvalue weighted by atomic mass is 16.5. The van der Waals surface area contributed by atoms with Gasteiger partial charge in [0.15, 0.2) is 0 Å². The summed E-state index contributed by atoms with van der Waals surface area (Å²) in [6.45, 7) is 11.9. The lowest BCUT2D eigenvalue weighted by atomic mass is 9.67. The molecule has 1 fully saturated rings. The number of hydrogen-bond donors (Lipinski definition) is 0. The molecule has 0 aromatic heterocycles. The van der Waals surface area contributed by atoms with Gasteiger partial charge >= 0.3 is 0 Å². The van der Waals surface area contributed by atoms with Crippen molar-refractivity contribution in [3.63, 3.8) is 0 Å². The van der Waals surface area contributed by atoms with Gasteiger partial charge in [-0.15, -0.1) is 0 Å². The first kappa shape index (κ1) is 23.0. The van der Waals surface area contributed by atoms with Crippen LogP contribution in [0.25, 0.3) is 0 Å². The van der Waals surface area contributed by atoms with Crippen molar-refractivity contribution >= 4 is 0 Å². The second-order valence-corrected chi connectivity index (χ2v) is 9.06. The van der Waals surface area contributed by atoms with Gasteiger partial charge in [0.2, 0.25) is 0 Å². The molecule has 1 aliphatic rings. The maximum absolute atomic E-state index is 5.91. The van der Waals surface area contributed by atoms with E-state index in [9.17, 15) is 0 Å². The molecule has 1 rings (SSSR count). The first-order chi connectivity index (χ1) is 12.0. The van der Waals surface area contributed by atoms with Gasteiger partial charge in [0, 0.05) is 19.8 Å². The zero-order valence-electron chi connectivity index (χ0n) is 17.8. The summed E-state index contributed by atoms with van der Waals surface area (Å²) < 4.78 is 11.5. The lowest BCUT2D eigenvalue weighted by molar-refractivity contribution is 0.0751. The van der Waals surface area contributed by atoms with E-state index in [-0.39, 0.29) is 0 Å². The number of ether oxygens (including phenoxy) is 2. The van der Waals surface area contributed by atoms with Crippen LogP contribution < -0.4 is 0 Å². The van der Waals surface area contributed by atoms with Crippen LogP contribution in [0.3, 0.4) is 0 Å². The van der Waals surface area contributed by atoms with E-state index in [1.807, 2.05) is 0 Å². The summed E-state index contributed by atoms with van der Waals surface area (Å²) in [6.07, 6.45) is 18.1. The molecule has 0 aliphatic heterocycles. The van der Waals surface area contributed by atoms with E-state index in [1.54, 1.807) is 0 Å². The van der Waals surface area contributed by atoms with E-state index in [1.165, 1.54) is 83.5 Å². The van der Waals surface area contributed by atoms with Gasteiger partial charge in [-0.1, -0.05) is 52.4 Å². The van der Waals surface area contributed by atoms with E-state index >= 15 is 0 Å². The highest BCUT2D eigenvalue weighted by Crippen LogP contribution is 2.44. The Kier molecular flexibility index (Phi) is 12.9. The largest absolute Gasteiger partial charge is 0.381 e. The molecule has 1 aliphatic carbocycles. The third-order valence-electron chi connectivity index (χ3n) is 5.64. The number of hydrogen-bond acceptors (Lipinski definition) is 2. The first-order valence-corrected chi connectivity index (χ1v) is 11.2. The molecule has 0 spiro atoms. The van der Waals surface area contributed by atoms with Gasteiger partial charge in [-0.05, 0) is 70.1 Å². The molecule has 2 heteroatoms. The third-order valence-corrected chi connectivity index (χ3v) is 5.64. The van der Waals surface area contributed by atoms with Crippen LogP contribution in [0.5, 0.6) is 0 Å². The summed E-state index contributed by atoms with van der Waals surface area (Å²) in [7, 11) is 0. The first-order valence-electron chi connectivity index (χ1n) is 11.2. The Labute approximate surface area is 158 Å². The van der Waals surface area contributed by atoms with Crippen molar-refractivity contribution in [3.8, 4) is 0 Å². The van der Waals surface area contributed by atoms with Crippen LogP contribution in [-0.2, 0) is 9.47 Å².